The fourth-order valence-electron chi connectivity index (χ4n) is 3.77. The zero-order valence-corrected chi connectivity index (χ0v) is 12.8. The van der Waals surface area contributed by atoms with E-state index in [-0.39, 0.29) is 0 Å². The number of piperidine rings is 1. The maximum Gasteiger partial charge on any atom is 0.223 e. The first-order chi connectivity index (χ1) is 9.11. The van der Waals surface area contributed by atoms with Gasteiger partial charge in [0, 0.05) is 19.0 Å². The van der Waals surface area contributed by atoms with E-state index in [9.17, 15) is 4.79 Å². The predicted molar refractivity (Wildman–Crippen MR) is 78.9 cm³/mol. The summed E-state index contributed by atoms with van der Waals surface area (Å²) in [6.45, 7) is 9.96. The summed E-state index contributed by atoms with van der Waals surface area (Å²) in [6, 6.07) is 0.499. The van der Waals surface area contributed by atoms with E-state index in [2.05, 4.69) is 31.0 Å². The third kappa shape index (κ3) is 3.71. The van der Waals surface area contributed by atoms with Gasteiger partial charge in [0.25, 0.3) is 0 Å². The SMILES string of the molecule is CCC1CC(C)CN1C(=O)CC(C)C1CCCNC1. The summed E-state index contributed by atoms with van der Waals surface area (Å²) in [7, 11) is 0. The summed E-state index contributed by atoms with van der Waals surface area (Å²) in [4.78, 5) is 14.7. The molecular weight excluding hydrogens is 236 g/mol. The van der Waals surface area contributed by atoms with E-state index in [0.29, 0.717) is 29.7 Å². The number of carbonyl (C=O) groups is 1. The van der Waals surface area contributed by atoms with Crippen LogP contribution in [0.1, 0.15) is 52.9 Å². The molecule has 0 aromatic heterocycles. The van der Waals surface area contributed by atoms with Crippen LogP contribution in [0.3, 0.4) is 0 Å². The van der Waals surface area contributed by atoms with Gasteiger partial charge in [-0.25, -0.2) is 0 Å². The minimum Gasteiger partial charge on any atom is -0.339 e. The largest absolute Gasteiger partial charge is 0.339 e. The standard InChI is InChI=1S/C16H30N2O/c1-4-15-8-12(2)11-18(15)16(19)9-13(3)14-6-5-7-17-10-14/h12-15,17H,4-11H2,1-3H3. The fourth-order valence-corrected chi connectivity index (χ4v) is 3.77. The van der Waals surface area contributed by atoms with Crippen molar-refractivity contribution in [3.63, 3.8) is 0 Å². The number of amides is 1. The molecular formula is C16H30N2O. The Morgan fingerprint density at radius 3 is 2.89 bits per heavy atom. The number of carbonyl (C=O) groups excluding carboxylic acids is 1. The molecule has 0 aromatic rings. The highest BCUT2D eigenvalue weighted by atomic mass is 16.2. The minimum atomic E-state index is 0.397. The Kier molecular flexibility index (Phi) is 5.26. The Labute approximate surface area is 118 Å². The molecule has 0 saturated carbocycles. The summed E-state index contributed by atoms with van der Waals surface area (Å²) in [6.07, 6.45) is 5.60. The molecule has 1 amide bonds. The molecule has 4 unspecified atom stereocenters. The summed E-state index contributed by atoms with van der Waals surface area (Å²) in [5.41, 5.74) is 0. The lowest BCUT2D eigenvalue weighted by Gasteiger charge is -2.30. The lowest BCUT2D eigenvalue weighted by molar-refractivity contribution is -0.133. The average Bonchev–Trinajstić information content (AvgIpc) is 2.81. The van der Waals surface area contributed by atoms with Gasteiger partial charge in [-0.1, -0.05) is 20.8 Å². The predicted octanol–water partition coefficient (Wildman–Crippen LogP) is 2.66. The van der Waals surface area contributed by atoms with Gasteiger partial charge in [0.15, 0.2) is 0 Å². The number of hydrogen-bond donors (Lipinski definition) is 1. The molecule has 2 heterocycles. The molecule has 3 nitrogen and oxygen atoms in total. The van der Waals surface area contributed by atoms with Gasteiger partial charge in [0.1, 0.15) is 0 Å². The van der Waals surface area contributed by atoms with Crippen molar-refractivity contribution in [2.24, 2.45) is 17.8 Å². The van der Waals surface area contributed by atoms with Crippen molar-refractivity contribution < 1.29 is 4.79 Å². The Hall–Kier alpha value is -0.570. The zero-order chi connectivity index (χ0) is 13.8. The molecule has 3 heteroatoms. The highest BCUT2D eigenvalue weighted by Gasteiger charge is 2.33. The number of rotatable bonds is 4. The Bertz CT molecular complexity index is 299. The molecule has 0 radical (unpaired) electrons. The van der Waals surface area contributed by atoms with Crippen molar-refractivity contribution >= 4 is 5.91 Å². The third-order valence-electron chi connectivity index (χ3n) is 5.05. The third-order valence-corrected chi connectivity index (χ3v) is 5.05. The molecule has 110 valence electrons. The van der Waals surface area contributed by atoms with Crippen molar-refractivity contribution in [2.45, 2.75) is 58.9 Å². The molecule has 2 saturated heterocycles. The van der Waals surface area contributed by atoms with Crippen LogP contribution in [-0.2, 0) is 4.79 Å². The van der Waals surface area contributed by atoms with Crippen LogP contribution in [0.5, 0.6) is 0 Å². The number of nitrogens with one attached hydrogen (secondary N) is 1. The second-order valence-electron chi connectivity index (χ2n) is 6.74. The van der Waals surface area contributed by atoms with E-state index >= 15 is 0 Å². The molecule has 0 aliphatic carbocycles. The van der Waals surface area contributed by atoms with Crippen LogP contribution in [0, 0.1) is 17.8 Å². The molecule has 2 fully saturated rings. The second-order valence-corrected chi connectivity index (χ2v) is 6.74. The molecule has 1 N–H and O–H groups in total. The topological polar surface area (TPSA) is 32.3 Å². The molecule has 2 aliphatic rings. The summed E-state index contributed by atoms with van der Waals surface area (Å²) >= 11 is 0. The average molecular weight is 266 g/mol. The lowest BCUT2D eigenvalue weighted by atomic mass is 9.85. The van der Waals surface area contributed by atoms with Gasteiger partial charge in [0.05, 0.1) is 0 Å². The molecule has 0 bridgehead atoms. The Morgan fingerprint density at radius 1 is 1.47 bits per heavy atom. The lowest BCUT2D eigenvalue weighted by Crippen LogP contribution is -2.39. The van der Waals surface area contributed by atoms with Gasteiger partial charge in [-0.3, -0.25) is 4.79 Å². The Balaban J connectivity index is 1.85. The van der Waals surface area contributed by atoms with Gasteiger partial charge in [0.2, 0.25) is 5.91 Å². The van der Waals surface area contributed by atoms with E-state index in [1.807, 2.05) is 0 Å². The fraction of sp³-hybridized carbons (Fsp3) is 0.938. The number of likely N-dealkylation sites (tertiary alicyclic amines) is 1. The van der Waals surface area contributed by atoms with Crippen LogP contribution in [0.2, 0.25) is 0 Å². The van der Waals surface area contributed by atoms with Crippen LogP contribution in [-0.4, -0.2) is 36.5 Å². The van der Waals surface area contributed by atoms with E-state index in [1.165, 1.54) is 19.3 Å². The zero-order valence-electron chi connectivity index (χ0n) is 12.8. The van der Waals surface area contributed by atoms with Crippen LogP contribution < -0.4 is 5.32 Å². The summed E-state index contributed by atoms with van der Waals surface area (Å²) in [5.74, 6) is 2.29. The van der Waals surface area contributed by atoms with Gasteiger partial charge in [-0.15, -0.1) is 0 Å². The van der Waals surface area contributed by atoms with Gasteiger partial charge >= 0.3 is 0 Å². The van der Waals surface area contributed by atoms with Gasteiger partial charge in [-0.05, 0) is 56.5 Å². The Morgan fingerprint density at radius 2 is 2.26 bits per heavy atom. The highest BCUT2D eigenvalue weighted by molar-refractivity contribution is 5.77. The van der Waals surface area contributed by atoms with Crippen molar-refractivity contribution in [2.75, 3.05) is 19.6 Å². The molecule has 4 atom stereocenters. The monoisotopic (exact) mass is 266 g/mol. The molecule has 2 rings (SSSR count). The van der Waals surface area contributed by atoms with Crippen molar-refractivity contribution in [3.8, 4) is 0 Å². The number of nitrogens with zero attached hydrogens (tertiary/aromatic N) is 1. The van der Waals surface area contributed by atoms with Crippen molar-refractivity contribution in [1.82, 2.24) is 10.2 Å². The molecule has 19 heavy (non-hydrogen) atoms. The summed E-state index contributed by atoms with van der Waals surface area (Å²) < 4.78 is 0. The van der Waals surface area contributed by atoms with Crippen LogP contribution >= 0.6 is 0 Å². The maximum atomic E-state index is 12.5. The van der Waals surface area contributed by atoms with E-state index in [4.69, 9.17) is 0 Å². The van der Waals surface area contributed by atoms with Gasteiger partial charge in [-0.2, -0.15) is 0 Å². The number of hydrogen-bond acceptors (Lipinski definition) is 2. The first-order valence-corrected chi connectivity index (χ1v) is 8.12. The smallest absolute Gasteiger partial charge is 0.223 e. The quantitative estimate of drug-likeness (QED) is 0.848. The molecule has 0 aromatic carbocycles. The first kappa shape index (κ1) is 14.8. The first-order valence-electron chi connectivity index (χ1n) is 8.12. The van der Waals surface area contributed by atoms with Crippen molar-refractivity contribution in [1.29, 1.82) is 0 Å². The van der Waals surface area contributed by atoms with Crippen LogP contribution in [0.4, 0.5) is 0 Å². The van der Waals surface area contributed by atoms with Crippen molar-refractivity contribution in [3.05, 3.63) is 0 Å². The van der Waals surface area contributed by atoms with Crippen LogP contribution in [0.15, 0.2) is 0 Å². The van der Waals surface area contributed by atoms with E-state index in [1.54, 1.807) is 0 Å². The van der Waals surface area contributed by atoms with Crippen LogP contribution in [0.25, 0.3) is 0 Å². The van der Waals surface area contributed by atoms with E-state index < -0.39 is 0 Å². The second kappa shape index (κ2) is 6.74. The molecule has 0 spiro atoms. The molecule has 2 aliphatic heterocycles. The summed E-state index contributed by atoms with van der Waals surface area (Å²) in [5, 5.41) is 3.46. The maximum absolute atomic E-state index is 12.5. The van der Waals surface area contributed by atoms with E-state index in [0.717, 1.165) is 32.5 Å². The normalized spacial score (nSPS) is 33.4. The van der Waals surface area contributed by atoms with Gasteiger partial charge < -0.3 is 10.2 Å². The highest BCUT2D eigenvalue weighted by Crippen LogP contribution is 2.28. The minimum absolute atomic E-state index is 0.397.